The van der Waals surface area contributed by atoms with Gasteiger partial charge in [-0.3, -0.25) is 4.79 Å². The van der Waals surface area contributed by atoms with Crippen molar-refractivity contribution in [3.63, 3.8) is 0 Å². The molecule has 2 amide bonds. The van der Waals surface area contributed by atoms with E-state index in [0.29, 0.717) is 16.9 Å². The number of benzene rings is 2. The second-order valence-corrected chi connectivity index (χ2v) is 9.51. The monoisotopic (exact) mass is 420 g/mol. The molecule has 4 bridgehead atoms. The average molecular weight is 421 g/mol. The number of nitrogens with two attached hydrogens (primary N) is 1. The third-order valence-corrected chi connectivity index (χ3v) is 7.21. The topological polar surface area (TPSA) is 90.7 Å². The highest BCUT2D eigenvalue weighted by Crippen LogP contribution is 2.60. The summed E-state index contributed by atoms with van der Waals surface area (Å²) in [6.07, 6.45) is 7.41. The Bertz CT molecular complexity index is 950. The van der Waals surface area contributed by atoms with E-state index in [9.17, 15) is 9.59 Å². The summed E-state index contributed by atoms with van der Waals surface area (Å²) in [5, 5.41) is 2.73. The van der Waals surface area contributed by atoms with Crippen molar-refractivity contribution in [1.29, 1.82) is 0 Å². The van der Waals surface area contributed by atoms with Crippen LogP contribution in [-0.4, -0.2) is 18.6 Å². The first-order valence-electron chi connectivity index (χ1n) is 11.1. The molecular formula is C25H28N2O4. The Morgan fingerprint density at radius 3 is 2.19 bits per heavy atom. The lowest BCUT2D eigenvalue weighted by molar-refractivity contribution is -0.118. The molecule has 6 rings (SSSR count). The summed E-state index contributed by atoms with van der Waals surface area (Å²) in [7, 11) is 0. The van der Waals surface area contributed by atoms with Crippen LogP contribution < -0.4 is 20.5 Å². The molecule has 6 heteroatoms. The van der Waals surface area contributed by atoms with Gasteiger partial charge in [0, 0.05) is 11.8 Å². The molecule has 6 nitrogen and oxygen atoms in total. The molecule has 4 fully saturated rings. The van der Waals surface area contributed by atoms with E-state index in [2.05, 4.69) is 17.4 Å². The molecule has 0 heterocycles. The van der Waals surface area contributed by atoms with E-state index in [1.54, 1.807) is 18.2 Å². The molecule has 0 radical (unpaired) electrons. The minimum absolute atomic E-state index is 0.0996. The van der Waals surface area contributed by atoms with Crippen LogP contribution in [0.25, 0.3) is 0 Å². The molecular weight excluding hydrogens is 392 g/mol. The van der Waals surface area contributed by atoms with Gasteiger partial charge in [-0.1, -0.05) is 18.2 Å². The van der Waals surface area contributed by atoms with Crippen LogP contribution in [-0.2, 0) is 10.2 Å². The Kier molecular flexibility index (Phi) is 5.08. The van der Waals surface area contributed by atoms with Crippen molar-refractivity contribution < 1.29 is 19.1 Å². The van der Waals surface area contributed by atoms with E-state index in [0.717, 1.165) is 17.8 Å². The smallest absolute Gasteiger partial charge is 0.409 e. The summed E-state index contributed by atoms with van der Waals surface area (Å²) in [6.45, 7) is -0.0996. The highest BCUT2D eigenvalue weighted by Gasteiger charge is 2.51. The van der Waals surface area contributed by atoms with Crippen molar-refractivity contribution in [3.05, 3.63) is 54.1 Å². The largest absolute Gasteiger partial charge is 0.484 e. The third-order valence-electron chi connectivity index (χ3n) is 7.21. The number of carbonyl (C=O) groups is 2. The summed E-state index contributed by atoms with van der Waals surface area (Å²) < 4.78 is 10.5. The first-order chi connectivity index (χ1) is 15.0. The van der Waals surface area contributed by atoms with E-state index in [1.165, 1.54) is 50.2 Å². The summed E-state index contributed by atoms with van der Waals surface area (Å²) >= 11 is 0. The second kappa shape index (κ2) is 7.91. The molecule has 4 aliphatic rings. The van der Waals surface area contributed by atoms with E-state index in [4.69, 9.17) is 15.2 Å². The molecule has 0 aromatic heterocycles. The second-order valence-electron chi connectivity index (χ2n) is 9.51. The first kappa shape index (κ1) is 19.9. The lowest BCUT2D eigenvalue weighted by Crippen LogP contribution is -2.48. The maximum absolute atomic E-state index is 12.2. The first-order valence-corrected chi connectivity index (χ1v) is 11.1. The van der Waals surface area contributed by atoms with Crippen molar-refractivity contribution in [2.24, 2.45) is 23.5 Å². The Morgan fingerprint density at radius 2 is 1.58 bits per heavy atom. The van der Waals surface area contributed by atoms with E-state index in [-0.39, 0.29) is 18.3 Å². The fourth-order valence-electron chi connectivity index (χ4n) is 6.47. The SMILES string of the molecule is NC(=O)Oc1cccc(NC(=O)COc2ccc(C34CC5CC(CC(C5)C3)C4)cc2)c1. The van der Waals surface area contributed by atoms with Crippen LogP contribution in [0, 0.1) is 17.8 Å². The zero-order valence-electron chi connectivity index (χ0n) is 17.5. The van der Waals surface area contributed by atoms with Crippen molar-refractivity contribution >= 4 is 17.7 Å². The fraction of sp³-hybridized carbons (Fsp3) is 0.440. The van der Waals surface area contributed by atoms with E-state index in [1.807, 2.05) is 12.1 Å². The van der Waals surface area contributed by atoms with Gasteiger partial charge in [-0.25, -0.2) is 4.79 Å². The summed E-state index contributed by atoms with van der Waals surface area (Å²) in [5.74, 6) is 3.41. The number of ether oxygens (including phenoxy) is 2. The quantitative estimate of drug-likeness (QED) is 0.713. The Hall–Kier alpha value is -3.02. The molecule has 2 aromatic carbocycles. The molecule has 0 aliphatic heterocycles. The third kappa shape index (κ3) is 4.24. The number of hydrogen-bond acceptors (Lipinski definition) is 4. The Balaban J connectivity index is 1.17. The maximum Gasteiger partial charge on any atom is 0.409 e. The average Bonchev–Trinajstić information content (AvgIpc) is 2.71. The molecule has 162 valence electrons. The van der Waals surface area contributed by atoms with Crippen molar-refractivity contribution in [1.82, 2.24) is 0 Å². The van der Waals surface area contributed by atoms with Gasteiger partial charge in [-0.2, -0.15) is 0 Å². The number of primary amides is 1. The summed E-state index contributed by atoms with van der Waals surface area (Å²) in [4.78, 5) is 23.1. The molecule has 31 heavy (non-hydrogen) atoms. The highest BCUT2D eigenvalue weighted by molar-refractivity contribution is 5.92. The van der Waals surface area contributed by atoms with Crippen molar-refractivity contribution in [2.45, 2.75) is 43.9 Å². The minimum atomic E-state index is -0.899. The molecule has 0 atom stereocenters. The fourth-order valence-corrected chi connectivity index (χ4v) is 6.47. The number of anilines is 1. The van der Waals surface area contributed by atoms with Crippen molar-refractivity contribution in [2.75, 3.05) is 11.9 Å². The number of amides is 2. The zero-order chi connectivity index (χ0) is 21.4. The van der Waals surface area contributed by atoms with Crippen LogP contribution in [0.2, 0.25) is 0 Å². The molecule has 4 aliphatic carbocycles. The predicted molar refractivity (Wildman–Crippen MR) is 117 cm³/mol. The van der Waals surface area contributed by atoms with Gasteiger partial charge in [-0.15, -0.1) is 0 Å². The molecule has 0 saturated heterocycles. The Labute approximate surface area is 182 Å². The summed E-state index contributed by atoms with van der Waals surface area (Å²) in [6, 6.07) is 14.9. The molecule has 2 aromatic rings. The lowest BCUT2D eigenvalue weighted by atomic mass is 9.48. The number of carbonyl (C=O) groups excluding carboxylic acids is 2. The molecule has 3 N–H and O–H groups in total. The highest BCUT2D eigenvalue weighted by atomic mass is 16.5. The van der Waals surface area contributed by atoms with Gasteiger partial charge >= 0.3 is 6.09 Å². The van der Waals surface area contributed by atoms with Crippen LogP contribution in [0.5, 0.6) is 11.5 Å². The molecule has 4 saturated carbocycles. The van der Waals surface area contributed by atoms with Gasteiger partial charge in [-0.05, 0) is 91.5 Å². The molecule has 0 unspecified atom stereocenters. The number of nitrogens with one attached hydrogen (secondary N) is 1. The van der Waals surface area contributed by atoms with Crippen LogP contribution >= 0.6 is 0 Å². The van der Waals surface area contributed by atoms with E-state index < -0.39 is 6.09 Å². The Morgan fingerprint density at radius 1 is 0.935 bits per heavy atom. The number of hydrogen-bond donors (Lipinski definition) is 2. The van der Waals surface area contributed by atoms with Gasteiger partial charge in [0.25, 0.3) is 5.91 Å². The van der Waals surface area contributed by atoms with Crippen LogP contribution in [0.3, 0.4) is 0 Å². The number of rotatable bonds is 6. The van der Waals surface area contributed by atoms with Gasteiger partial charge in [0.1, 0.15) is 11.5 Å². The maximum atomic E-state index is 12.2. The predicted octanol–water partition coefficient (Wildman–Crippen LogP) is 4.63. The zero-order valence-corrected chi connectivity index (χ0v) is 17.5. The van der Waals surface area contributed by atoms with E-state index >= 15 is 0 Å². The van der Waals surface area contributed by atoms with Crippen LogP contribution in [0.1, 0.15) is 44.1 Å². The summed E-state index contributed by atoms with van der Waals surface area (Å²) in [5.41, 5.74) is 7.32. The normalized spacial score (nSPS) is 28.2. The van der Waals surface area contributed by atoms with Crippen LogP contribution in [0.15, 0.2) is 48.5 Å². The van der Waals surface area contributed by atoms with Gasteiger partial charge < -0.3 is 20.5 Å². The van der Waals surface area contributed by atoms with Gasteiger partial charge in [0.2, 0.25) is 0 Å². The van der Waals surface area contributed by atoms with Crippen molar-refractivity contribution in [3.8, 4) is 11.5 Å². The van der Waals surface area contributed by atoms with Gasteiger partial charge in [0.05, 0.1) is 0 Å². The van der Waals surface area contributed by atoms with Gasteiger partial charge in [0.15, 0.2) is 6.61 Å². The minimum Gasteiger partial charge on any atom is -0.484 e. The molecule has 0 spiro atoms. The standard InChI is InChI=1S/C25H28N2O4/c26-24(29)31-22-3-1-2-20(11-22)27-23(28)15-30-21-6-4-19(5-7-21)25-12-16-8-17(13-25)10-18(9-16)14-25/h1-7,11,16-18H,8-10,12-15H2,(H2,26,29)(H,27,28). The van der Waals surface area contributed by atoms with Crippen LogP contribution in [0.4, 0.5) is 10.5 Å². The lowest BCUT2D eigenvalue weighted by Gasteiger charge is -2.57.